The van der Waals surface area contributed by atoms with Gasteiger partial charge in [0.05, 0.1) is 7.11 Å². The first-order chi connectivity index (χ1) is 7.21. The summed E-state index contributed by atoms with van der Waals surface area (Å²) in [6.45, 7) is 1.88. The van der Waals surface area contributed by atoms with Gasteiger partial charge in [0.25, 0.3) is 0 Å². The van der Waals surface area contributed by atoms with Gasteiger partial charge in [-0.3, -0.25) is 5.84 Å². The van der Waals surface area contributed by atoms with Crippen molar-refractivity contribution in [3.8, 4) is 0 Å². The summed E-state index contributed by atoms with van der Waals surface area (Å²) < 4.78 is 4.77. The van der Waals surface area contributed by atoms with Gasteiger partial charge in [0.2, 0.25) is 0 Å². The van der Waals surface area contributed by atoms with E-state index in [4.69, 9.17) is 10.6 Å². The lowest BCUT2D eigenvalue weighted by Gasteiger charge is -2.29. The predicted molar refractivity (Wildman–Crippen MR) is 65.0 cm³/mol. The van der Waals surface area contributed by atoms with Crippen LogP contribution in [0.5, 0.6) is 0 Å². The molecule has 0 heterocycles. The molecule has 3 N–H and O–H groups in total. The van der Waals surface area contributed by atoms with Gasteiger partial charge in [0.1, 0.15) is 0 Å². The standard InChI is InChI=1S/C11H16N2O2.ClH/c1-3-11(13-12,10(14)15-2)9-7-5-4-6-8-9;/h4-8,13H,3,12H2,1-2H3;1H. The molecule has 0 saturated carbocycles. The van der Waals surface area contributed by atoms with E-state index in [1.165, 1.54) is 7.11 Å². The molecule has 1 rings (SSSR count). The van der Waals surface area contributed by atoms with Crippen LogP contribution in [0.15, 0.2) is 30.3 Å². The number of nitrogens with two attached hydrogens (primary N) is 1. The first-order valence-corrected chi connectivity index (χ1v) is 4.83. The zero-order chi connectivity index (χ0) is 11.3. The van der Waals surface area contributed by atoms with Crippen molar-refractivity contribution < 1.29 is 9.53 Å². The molecule has 4 nitrogen and oxygen atoms in total. The van der Waals surface area contributed by atoms with E-state index in [0.717, 1.165) is 5.56 Å². The molecule has 0 bridgehead atoms. The summed E-state index contributed by atoms with van der Waals surface area (Å²) in [6.07, 6.45) is 0.528. The Hall–Kier alpha value is -1.10. The fourth-order valence-electron chi connectivity index (χ4n) is 1.61. The molecule has 0 aliphatic rings. The fraction of sp³-hybridized carbons (Fsp3) is 0.364. The molecule has 0 aromatic heterocycles. The van der Waals surface area contributed by atoms with Gasteiger partial charge < -0.3 is 4.74 Å². The maximum absolute atomic E-state index is 11.7. The van der Waals surface area contributed by atoms with Crippen LogP contribution in [0.25, 0.3) is 0 Å². The monoisotopic (exact) mass is 244 g/mol. The van der Waals surface area contributed by atoms with Crippen molar-refractivity contribution in [1.82, 2.24) is 5.43 Å². The minimum atomic E-state index is -0.948. The summed E-state index contributed by atoms with van der Waals surface area (Å²) in [7, 11) is 1.35. The normalized spacial score (nSPS) is 13.4. The molecule has 0 radical (unpaired) electrons. The molecule has 0 spiro atoms. The third-order valence-electron chi connectivity index (χ3n) is 2.58. The number of ether oxygens (including phenoxy) is 1. The van der Waals surface area contributed by atoms with Gasteiger partial charge >= 0.3 is 5.97 Å². The lowest BCUT2D eigenvalue weighted by Crippen LogP contribution is -2.52. The predicted octanol–water partition coefficient (Wildman–Crippen LogP) is 1.35. The molecule has 1 aromatic carbocycles. The van der Waals surface area contributed by atoms with Crippen molar-refractivity contribution >= 4 is 18.4 Å². The molecular weight excluding hydrogens is 228 g/mol. The first-order valence-electron chi connectivity index (χ1n) is 4.83. The minimum absolute atomic E-state index is 0. The van der Waals surface area contributed by atoms with E-state index in [-0.39, 0.29) is 18.4 Å². The molecule has 16 heavy (non-hydrogen) atoms. The van der Waals surface area contributed by atoms with E-state index < -0.39 is 5.54 Å². The zero-order valence-corrected chi connectivity index (χ0v) is 10.2. The molecule has 90 valence electrons. The highest BCUT2D eigenvalue weighted by Gasteiger charge is 2.38. The van der Waals surface area contributed by atoms with Crippen molar-refractivity contribution in [3.05, 3.63) is 35.9 Å². The highest BCUT2D eigenvalue weighted by molar-refractivity contribution is 5.85. The van der Waals surface area contributed by atoms with Gasteiger partial charge in [-0.1, -0.05) is 37.3 Å². The van der Waals surface area contributed by atoms with Crippen LogP contribution in [-0.4, -0.2) is 13.1 Å². The number of methoxy groups -OCH3 is 1. The molecule has 1 aromatic rings. The van der Waals surface area contributed by atoms with Crippen molar-refractivity contribution in [3.63, 3.8) is 0 Å². The molecule has 0 saturated heterocycles. The number of benzene rings is 1. The molecule has 0 fully saturated rings. The number of rotatable bonds is 4. The van der Waals surface area contributed by atoms with Crippen LogP contribution in [-0.2, 0) is 15.1 Å². The number of esters is 1. The van der Waals surface area contributed by atoms with Gasteiger partial charge in [-0.25, -0.2) is 10.2 Å². The number of halogens is 1. The molecule has 5 heteroatoms. The topological polar surface area (TPSA) is 64.3 Å². The highest BCUT2D eigenvalue weighted by Crippen LogP contribution is 2.25. The van der Waals surface area contributed by atoms with E-state index in [0.29, 0.717) is 6.42 Å². The Morgan fingerprint density at radius 3 is 2.38 bits per heavy atom. The minimum Gasteiger partial charge on any atom is -0.467 e. The Bertz CT molecular complexity index is 326. The van der Waals surface area contributed by atoms with Crippen LogP contribution in [0.1, 0.15) is 18.9 Å². The van der Waals surface area contributed by atoms with E-state index in [2.05, 4.69) is 5.43 Å². The molecule has 1 unspecified atom stereocenters. The number of hydrogen-bond acceptors (Lipinski definition) is 4. The van der Waals surface area contributed by atoms with Crippen LogP contribution in [0.2, 0.25) is 0 Å². The number of carbonyl (C=O) groups is 1. The fourth-order valence-corrected chi connectivity index (χ4v) is 1.61. The third-order valence-corrected chi connectivity index (χ3v) is 2.58. The van der Waals surface area contributed by atoms with Crippen LogP contribution in [0.3, 0.4) is 0 Å². The van der Waals surface area contributed by atoms with Crippen molar-refractivity contribution in [2.75, 3.05) is 7.11 Å². The second-order valence-electron chi connectivity index (χ2n) is 3.26. The highest BCUT2D eigenvalue weighted by atomic mass is 35.5. The lowest BCUT2D eigenvalue weighted by atomic mass is 9.88. The van der Waals surface area contributed by atoms with E-state index in [9.17, 15) is 4.79 Å². The summed E-state index contributed by atoms with van der Waals surface area (Å²) in [5.74, 6) is 5.10. The first kappa shape index (κ1) is 14.9. The Morgan fingerprint density at radius 2 is 2.00 bits per heavy atom. The van der Waals surface area contributed by atoms with Crippen LogP contribution < -0.4 is 11.3 Å². The van der Waals surface area contributed by atoms with E-state index in [1.54, 1.807) is 0 Å². The number of hydrazine groups is 1. The number of carbonyl (C=O) groups excluding carboxylic acids is 1. The lowest BCUT2D eigenvalue weighted by molar-refractivity contribution is -0.149. The maximum Gasteiger partial charge on any atom is 0.331 e. The SMILES string of the molecule is CCC(NN)(C(=O)OC)c1ccccc1.Cl. The van der Waals surface area contributed by atoms with Gasteiger partial charge in [-0.2, -0.15) is 0 Å². The van der Waals surface area contributed by atoms with Gasteiger partial charge in [0, 0.05) is 0 Å². The van der Waals surface area contributed by atoms with Crippen molar-refractivity contribution in [2.24, 2.45) is 5.84 Å². The second kappa shape index (κ2) is 6.48. The summed E-state index contributed by atoms with van der Waals surface area (Å²) in [5.41, 5.74) is 2.42. The average Bonchev–Trinajstić information content (AvgIpc) is 2.32. The Labute approximate surface area is 102 Å². The zero-order valence-electron chi connectivity index (χ0n) is 9.40. The summed E-state index contributed by atoms with van der Waals surface area (Å²) >= 11 is 0. The second-order valence-corrected chi connectivity index (χ2v) is 3.26. The van der Waals surface area contributed by atoms with Gasteiger partial charge in [-0.05, 0) is 12.0 Å². The summed E-state index contributed by atoms with van der Waals surface area (Å²) in [5, 5.41) is 0. The van der Waals surface area contributed by atoms with Crippen LogP contribution >= 0.6 is 12.4 Å². The van der Waals surface area contributed by atoms with Crippen LogP contribution in [0, 0.1) is 0 Å². The maximum atomic E-state index is 11.7. The van der Waals surface area contributed by atoms with Crippen molar-refractivity contribution in [2.45, 2.75) is 18.9 Å². The van der Waals surface area contributed by atoms with E-state index >= 15 is 0 Å². The van der Waals surface area contributed by atoms with Crippen molar-refractivity contribution in [1.29, 1.82) is 0 Å². The quantitative estimate of drug-likeness (QED) is 0.477. The van der Waals surface area contributed by atoms with Gasteiger partial charge in [0.15, 0.2) is 5.54 Å². The number of nitrogens with one attached hydrogen (secondary N) is 1. The summed E-state index contributed by atoms with van der Waals surface area (Å²) in [6, 6.07) is 9.30. The molecule has 0 aliphatic heterocycles. The molecule has 0 amide bonds. The smallest absolute Gasteiger partial charge is 0.331 e. The Balaban J connectivity index is 0.00000225. The molecule has 0 aliphatic carbocycles. The Kier molecular flexibility index (Phi) is 6.03. The molecule has 1 atom stereocenters. The van der Waals surface area contributed by atoms with Crippen LogP contribution in [0.4, 0.5) is 0 Å². The molecular formula is C11H17ClN2O2. The van der Waals surface area contributed by atoms with E-state index in [1.807, 2.05) is 37.3 Å². The average molecular weight is 245 g/mol. The Morgan fingerprint density at radius 1 is 1.44 bits per heavy atom. The van der Waals surface area contributed by atoms with Gasteiger partial charge in [-0.15, -0.1) is 12.4 Å². The largest absolute Gasteiger partial charge is 0.467 e. The summed E-state index contributed by atoms with van der Waals surface area (Å²) in [4.78, 5) is 11.7. The third kappa shape index (κ3) is 2.52. The number of hydrogen-bond donors (Lipinski definition) is 2.